The fourth-order valence-electron chi connectivity index (χ4n) is 2.63. The van der Waals surface area contributed by atoms with Crippen LogP contribution in [0.1, 0.15) is 10.4 Å². The SMILES string of the molecule is CN(C)C(=O)c1cccc(-c2cn3nc(-c4ccco4)nc3c(N)n2)c1. The van der Waals surface area contributed by atoms with E-state index in [1.807, 2.05) is 12.1 Å². The van der Waals surface area contributed by atoms with E-state index in [4.69, 9.17) is 10.2 Å². The third kappa shape index (κ3) is 2.67. The maximum Gasteiger partial charge on any atom is 0.253 e. The maximum absolute atomic E-state index is 12.2. The van der Waals surface area contributed by atoms with Crippen molar-refractivity contribution in [1.82, 2.24) is 24.5 Å². The molecule has 0 atom stereocenters. The Balaban J connectivity index is 1.80. The summed E-state index contributed by atoms with van der Waals surface area (Å²) in [4.78, 5) is 22.5. The lowest BCUT2D eigenvalue weighted by Crippen LogP contribution is -2.21. The van der Waals surface area contributed by atoms with Crippen molar-refractivity contribution in [3.8, 4) is 22.8 Å². The predicted molar refractivity (Wildman–Crippen MR) is 96.3 cm³/mol. The fraction of sp³-hybridized carbons (Fsp3) is 0.111. The highest BCUT2D eigenvalue weighted by Gasteiger charge is 2.15. The van der Waals surface area contributed by atoms with Gasteiger partial charge in [-0.1, -0.05) is 12.1 Å². The molecule has 0 aliphatic carbocycles. The molecule has 0 bridgehead atoms. The van der Waals surface area contributed by atoms with Crippen LogP contribution in [0.5, 0.6) is 0 Å². The first-order valence-electron chi connectivity index (χ1n) is 7.92. The summed E-state index contributed by atoms with van der Waals surface area (Å²) in [6.07, 6.45) is 3.28. The van der Waals surface area contributed by atoms with E-state index in [1.54, 1.807) is 55.3 Å². The van der Waals surface area contributed by atoms with Gasteiger partial charge in [0.1, 0.15) is 0 Å². The molecule has 0 saturated heterocycles. The highest BCUT2D eigenvalue weighted by atomic mass is 16.3. The summed E-state index contributed by atoms with van der Waals surface area (Å²) in [5.41, 5.74) is 8.45. The van der Waals surface area contributed by atoms with Crippen LogP contribution in [-0.4, -0.2) is 44.5 Å². The van der Waals surface area contributed by atoms with Crippen LogP contribution in [0.25, 0.3) is 28.5 Å². The van der Waals surface area contributed by atoms with Crippen LogP contribution in [0.15, 0.2) is 53.3 Å². The van der Waals surface area contributed by atoms with E-state index < -0.39 is 0 Å². The van der Waals surface area contributed by atoms with Crippen LogP contribution < -0.4 is 5.73 Å². The van der Waals surface area contributed by atoms with Gasteiger partial charge in [-0.25, -0.2) is 14.5 Å². The second-order valence-electron chi connectivity index (χ2n) is 5.97. The maximum atomic E-state index is 12.2. The smallest absolute Gasteiger partial charge is 0.253 e. The molecule has 0 fully saturated rings. The molecule has 0 aliphatic rings. The quantitative estimate of drug-likeness (QED) is 0.609. The zero-order chi connectivity index (χ0) is 18.3. The predicted octanol–water partition coefficient (Wildman–Crippen LogP) is 2.34. The summed E-state index contributed by atoms with van der Waals surface area (Å²) >= 11 is 0. The topological polar surface area (TPSA) is 103 Å². The van der Waals surface area contributed by atoms with Crippen molar-refractivity contribution in [3.05, 3.63) is 54.4 Å². The number of amides is 1. The van der Waals surface area contributed by atoms with Crippen LogP contribution in [0.2, 0.25) is 0 Å². The molecule has 4 aromatic rings. The van der Waals surface area contributed by atoms with Crippen molar-refractivity contribution in [3.63, 3.8) is 0 Å². The molecule has 2 N–H and O–H groups in total. The zero-order valence-electron chi connectivity index (χ0n) is 14.2. The van der Waals surface area contributed by atoms with E-state index in [0.717, 1.165) is 5.56 Å². The number of fused-ring (bicyclic) bond motifs is 1. The van der Waals surface area contributed by atoms with E-state index in [0.29, 0.717) is 28.5 Å². The molecule has 8 heteroatoms. The molecule has 8 nitrogen and oxygen atoms in total. The number of rotatable bonds is 3. The summed E-state index contributed by atoms with van der Waals surface area (Å²) in [5, 5.41) is 4.40. The zero-order valence-corrected chi connectivity index (χ0v) is 14.2. The standard InChI is InChI=1S/C18H16N6O2/c1-23(2)18(25)12-6-3-5-11(9-12)13-10-24-17(15(19)20-13)21-16(22-24)14-7-4-8-26-14/h3-10H,1-2H3,(H2,19,20). The second kappa shape index (κ2) is 5.99. The summed E-state index contributed by atoms with van der Waals surface area (Å²) in [6.45, 7) is 0. The Kier molecular flexibility index (Phi) is 3.65. The minimum absolute atomic E-state index is 0.0817. The minimum atomic E-state index is -0.0817. The molecule has 1 aromatic carbocycles. The summed E-state index contributed by atoms with van der Waals surface area (Å²) in [5.74, 6) is 1.14. The molecule has 3 aromatic heterocycles. The number of hydrogen-bond acceptors (Lipinski definition) is 6. The molecule has 0 spiro atoms. The Hall–Kier alpha value is -3.68. The van der Waals surface area contributed by atoms with Gasteiger partial charge in [-0.15, -0.1) is 5.10 Å². The third-order valence-corrected chi connectivity index (χ3v) is 3.90. The first-order chi connectivity index (χ1) is 12.5. The molecule has 0 saturated carbocycles. The largest absolute Gasteiger partial charge is 0.461 e. The van der Waals surface area contributed by atoms with Crippen molar-refractivity contribution in [1.29, 1.82) is 0 Å². The number of nitrogen functional groups attached to an aromatic ring is 1. The number of carbonyl (C=O) groups is 1. The lowest BCUT2D eigenvalue weighted by molar-refractivity contribution is 0.0827. The number of aromatic nitrogens is 4. The van der Waals surface area contributed by atoms with E-state index in [9.17, 15) is 4.79 Å². The lowest BCUT2D eigenvalue weighted by atomic mass is 10.1. The minimum Gasteiger partial charge on any atom is -0.461 e. The van der Waals surface area contributed by atoms with Gasteiger partial charge in [0, 0.05) is 25.2 Å². The average molecular weight is 348 g/mol. The molecule has 1 amide bonds. The van der Waals surface area contributed by atoms with Crippen LogP contribution in [0.3, 0.4) is 0 Å². The average Bonchev–Trinajstić information content (AvgIpc) is 3.30. The number of furan rings is 1. The molecule has 0 radical (unpaired) electrons. The number of nitrogens with two attached hydrogens (primary N) is 1. The van der Waals surface area contributed by atoms with Crippen LogP contribution >= 0.6 is 0 Å². The van der Waals surface area contributed by atoms with E-state index in [1.165, 1.54) is 4.90 Å². The Bertz CT molecular complexity index is 1100. The molecule has 130 valence electrons. The number of carbonyl (C=O) groups excluding carboxylic acids is 1. The highest BCUT2D eigenvalue weighted by molar-refractivity contribution is 5.95. The van der Waals surface area contributed by atoms with E-state index in [-0.39, 0.29) is 11.7 Å². The van der Waals surface area contributed by atoms with Gasteiger partial charge >= 0.3 is 0 Å². The van der Waals surface area contributed by atoms with Crippen LogP contribution in [0, 0.1) is 0 Å². The number of benzene rings is 1. The van der Waals surface area contributed by atoms with Gasteiger partial charge in [0.2, 0.25) is 5.82 Å². The Labute approximate surface area is 148 Å². The monoisotopic (exact) mass is 348 g/mol. The van der Waals surface area contributed by atoms with Gasteiger partial charge in [0.05, 0.1) is 18.2 Å². The summed E-state index contributed by atoms with van der Waals surface area (Å²) < 4.78 is 6.89. The molecule has 26 heavy (non-hydrogen) atoms. The second-order valence-corrected chi connectivity index (χ2v) is 5.97. The van der Waals surface area contributed by atoms with E-state index in [2.05, 4.69) is 15.1 Å². The Morgan fingerprint density at radius 1 is 1.19 bits per heavy atom. The summed E-state index contributed by atoms with van der Waals surface area (Å²) in [7, 11) is 3.42. The molecular formula is C18H16N6O2. The number of anilines is 1. The van der Waals surface area contributed by atoms with Crippen molar-refractivity contribution in [2.24, 2.45) is 0 Å². The molecule has 0 unspecified atom stereocenters. The first kappa shape index (κ1) is 15.8. The Morgan fingerprint density at radius 3 is 2.77 bits per heavy atom. The van der Waals surface area contributed by atoms with Gasteiger partial charge in [0.15, 0.2) is 17.2 Å². The van der Waals surface area contributed by atoms with Crippen molar-refractivity contribution >= 4 is 17.4 Å². The highest BCUT2D eigenvalue weighted by Crippen LogP contribution is 2.24. The lowest BCUT2D eigenvalue weighted by Gasteiger charge is -2.11. The van der Waals surface area contributed by atoms with Crippen LogP contribution in [0.4, 0.5) is 5.82 Å². The molecule has 0 aliphatic heterocycles. The van der Waals surface area contributed by atoms with Gasteiger partial charge in [-0.05, 0) is 24.3 Å². The van der Waals surface area contributed by atoms with E-state index >= 15 is 0 Å². The van der Waals surface area contributed by atoms with Gasteiger partial charge < -0.3 is 15.1 Å². The fourth-order valence-corrected chi connectivity index (χ4v) is 2.63. The Morgan fingerprint density at radius 2 is 2.04 bits per heavy atom. The first-order valence-corrected chi connectivity index (χ1v) is 7.92. The molecule has 3 heterocycles. The molecular weight excluding hydrogens is 332 g/mol. The third-order valence-electron chi connectivity index (χ3n) is 3.90. The van der Waals surface area contributed by atoms with Crippen LogP contribution in [-0.2, 0) is 0 Å². The van der Waals surface area contributed by atoms with Gasteiger partial charge in [-0.3, -0.25) is 4.79 Å². The van der Waals surface area contributed by atoms with Crippen molar-refractivity contribution in [2.45, 2.75) is 0 Å². The number of nitrogens with zero attached hydrogens (tertiary/aromatic N) is 5. The van der Waals surface area contributed by atoms with Crippen molar-refractivity contribution in [2.75, 3.05) is 19.8 Å². The van der Waals surface area contributed by atoms with Gasteiger partial charge in [-0.2, -0.15) is 0 Å². The summed E-state index contributed by atoms with van der Waals surface area (Å²) in [6, 6.07) is 10.8. The van der Waals surface area contributed by atoms with Crippen molar-refractivity contribution < 1.29 is 9.21 Å². The molecule has 4 rings (SSSR count). The number of hydrogen-bond donors (Lipinski definition) is 1. The normalized spacial score (nSPS) is 11.0. The van der Waals surface area contributed by atoms with Gasteiger partial charge in [0.25, 0.3) is 5.91 Å².